The van der Waals surface area contributed by atoms with Crippen molar-refractivity contribution in [3.8, 4) is 0 Å². The number of hydrogen-bond acceptors (Lipinski definition) is 3. The number of nitrogens with zero attached hydrogens (tertiary/aromatic N) is 2. The second-order valence-corrected chi connectivity index (χ2v) is 6.69. The first-order valence-corrected chi connectivity index (χ1v) is 8.70. The van der Waals surface area contributed by atoms with E-state index in [-0.39, 0.29) is 5.60 Å². The van der Waals surface area contributed by atoms with Gasteiger partial charge in [0.1, 0.15) is 5.82 Å². The van der Waals surface area contributed by atoms with Gasteiger partial charge in [0.25, 0.3) is 0 Å². The Morgan fingerprint density at radius 3 is 3.00 bits per heavy atom. The molecule has 3 rings (SSSR count). The lowest BCUT2D eigenvalue weighted by molar-refractivity contribution is -0.0681. The molecule has 2 fully saturated rings. The Kier molecular flexibility index (Phi) is 4.96. The van der Waals surface area contributed by atoms with E-state index in [4.69, 9.17) is 4.74 Å². The minimum Gasteiger partial charge on any atom is -0.370 e. The lowest BCUT2D eigenvalue weighted by atomic mass is 9.83. The highest BCUT2D eigenvalue weighted by Crippen LogP contribution is 2.42. The Bertz CT molecular complexity index is 437. The van der Waals surface area contributed by atoms with Gasteiger partial charge >= 0.3 is 0 Å². The van der Waals surface area contributed by atoms with E-state index in [2.05, 4.69) is 28.0 Å². The van der Waals surface area contributed by atoms with Gasteiger partial charge in [0.15, 0.2) is 0 Å². The zero-order chi connectivity index (χ0) is 14.5. The second kappa shape index (κ2) is 6.93. The molecule has 1 aliphatic heterocycles. The van der Waals surface area contributed by atoms with E-state index in [1.807, 2.05) is 6.20 Å². The Morgan fingerprint density at radius 2 is 2.19 bits per heavy atom. The fourth-order valence-electron chi connectivity index (χ4n) is 3.86. The third-order valence-corrected chi connectivity index (χ3v) is 5.02. The summed E-state index contributed by atoms with van der Waals surface area (Å²) >= 11 is 0. The largest absolute Gasteiger partial charge is 0.370 e. The molecule has 1 saturated carbocycles. The van der Waals surface area contributed by atoms with Crippen molar-refractivity contribution < 1.29 is 4.74 Å². The molecule has 1 N–H and O–H groups in total. The van der Waals surface area contributed by atoms with E-state index in [1.165, 1.54) is 44.9 Å². The highest BCUT2D eigenvalue weighted by Gasteiger charge is 2.40. The summed E-state index contributed by atoms with van der Waals surface area (Å²) in [6.07, 6.45) is 14.7. The number of rotatable bonds is 6. The predicted molar refractivity (Wildman–Crippen MR) is 84.1 cm³/mol. The number of ether oxygens (including phenoxy) is 1. The van der Waals surface area contributed by atoms with Gasteiger partial charge in [-0.25, -0.2) is 4.98 Å². The van der Waals surface area contributed by atoms with Crippen LogP contribution in [0.4, 0.5) is 0 Å². The molecule has 0 bridgehead atoms. The highest BCUT2D eigenvalue weighted by molar-refractivity contribution is 4.96. The molecule has 1 aromatic rings. The summed E-state index contributed by atoms with van der Waals surface area (Å²) in [5, 5.41) is 3.44. The van der Waals surface area contributed by atoms with Gasteiger partial charge in [-0.15, -0.1) is 0 Å². The summed E-state index contributed by atoms with van der Waals surface area (Å²) < 4.78 is 8.75. The minimum absolute atomic E-state index is 0.226. The van der Waals surface area contributed by atoms with Gasteiger partial charge in [0.2, 0.25) is 0 Å². The van der Waals surface area contributed by atoms with Crippen LogP contribution in [0.25, 0.3) is 0 Å². The molecule has 1 unspecified atom stereocenters. The van der Waals surface area contributed by atoms with Gasteiger partial charge in [0, 0.05) is 12.4 Å². The van der Waals surface area contributed by atoms with E-state index in [0.717, 1.165) is 31.9 Å². The normalized spacial score (nSPS) is 24.7. The van der Waals surface area contributed by atoms with Crippen LogP contribution in [0, 0.1) is 0 Å². The lowest BCUT2D eigenvalue weighted by Crippen LogP contribution is -2.32. The first kappa shape index (κ1) is 15.0. The molecule has 4 nitrogen and oxygen atoms in total. The zero-order valence-electron chi connectivity index (χ0n) is 13.3. The van der Waals surface area contributed by atoms with Crippen molar-refractivity contribution >= 4 is 0 Å². The van der Waals surface area contributed by atoms with Crippen LogP contribution in [-0.4, -0.2) is 27.8 Å². The van der Waals surface area contributed by atoms with Gasteiger partial charge < -0.3 is 14.6 Å². The molecule has 1 aromatic heterocycles. The van der Waals surface area contributed by atoms with Crippen LogP contribution in [0.3, 0.4) is 0 Å². The molecule has 118 valence electrons. The van der Waals surface area contributed by atoms with E-state index in [0.29, 0.717) is 6.10 Å². The fraction of sp³-hybridized carbons (Fsp3) is 0.824. The monoisotopic (exact) mass is 291 g/mol. The smallest absolute Gasteiger partial charge is 0.122 e. The van der Waals surface area contributed by atoms with E-state index in [9.17, 15) is 0 Å². The quantitative estimate of drug-likeness (QED) is 0.818. The molecule has 1 atom stereocenters. The van der Waals surface area contributed by atoms with Gasteiger partial charge in [0.05, 0.1) is 24.8 Å². The third kappa shape index (κ3) is 3.67. The average molecular weight is 291 g/mol. The number of aromatic nitrogens is 2. The van der Waals surface area contributed by atoms with E-state index >= 15 is 0 Å². The van der Waals surface area contributed by atoms with Crippen LogP contribution in [0.15, 0.2) is 12.4 Å². The van der Waals surface area contributed by atoms with Gasteiger partial charge in [-0.05, 0) is 38.6 Å². The Morgan fingerprint density at radius 1 is 1.33 bits per heavy atom. The molecule has 1 aliphatic carbocycles. The minimum atomic E-state index is 0.226. The van der Waals surface area contributed by atoms with Gasteiger partial charge in [-0.3, -0.25) is 0 Å². The lowest BCUT2D eigenvalue weighted by Gasteiger charge is -2.33. The molecule has 1 saturated heterocycles. The zero-order valence-corrected chi connectivity index (χ0v) is 13.3. The highest BCUT2D eigenvalue weighted by atomic mass is 16.5. The number of hydrogen-bond donors (Lipinski definition) is 1. The first-order valence-electron chi connectivity index (χ1n) is 8.70. The van der Waals surface area contributed by atoms with Gasteiger partial charge in [-0.1, -0.05) is 26.2 Å². The molecule has 4 heteroatoms. The van der Waals surface area contributed by atoms with Gasteiger partial charge in [-0.2, -0.15) is 0 Å². The van der Waals surface area contributed by atoms with Crippen molar-refractivity contribution in [1.82, 2.24) is 14.9 Å². The molecule has 2 heterocycles. The van der Waals surface area contributed by atoms with Crippen molar-refractivity contribution in [2.45, 2.75) is 83.1 Å². The van der Waals surface area contributed by atoms with Crippen LogP contribution in [0.5, 0.6) is 0 Å². The van der Waals surface area contributed by atoms with E-state index in [1.54, 1.807) is 0 Å². The molecule has 0 amide bonds. The summed E-state index contributed by atoms with van der Waals surface area (Å²) in [7, 11) is 0. The number of imidazole rings is 1. The predicted octanol–water partition coefficient (Wildman–Crippen LogP) is 3.26. The SMILES string of the molecule is CCCNCc1nccn1CC1CCC2(CCCCC2)O1. The molecular formula is C17H29N3O. The van der Waals surface area contributed by atoms with Crippen molar-refractivity contribution in [2.75, 3.05) is 6.54 Å². The van der Waals surface area contributed by atoms with Crippen LogP contribution in [-0.2, 0) is 17.8 Å². The second-order valence-electron chi connectivity index (χ2n) is 6.69. The summed E-state index contributed by atoms with van der Waals surface area (Å²) in [5.74, 6) is 1.14. The maximum Gasteiger partial charge on any atom is 0.122 e. The molecule has 1 spiro atoms. The Balaban J connectivity index is 1.54. The molecule has 2 aliphatic rings. The standard InChI is InChI=1S/C17H29N3O/c1-2-10-18-13-16-19-11-12-20(16)14-15-6-9-17(21-15)7-4-3-5-8-17/h11-12,15,18H,2-10,13-14H2,1H3. The van der Waals surface area contributed by atoms with Crippen LogP contribution in [0.1, 0.15) is 64.1 Å². The Hall–Kier alpha value is -0.870. The van der Waals surface area contributed by atoms with Crippen molar-refractivity contribution in [1.29, 1.82) is 0 Å². The first-order chi connectivity index (χ1) is 10.3. The topological polar surface area (TPSA) is 39.1 Å². The molecule has 21 heavy (non-hydrogen) atoms. The number of nitrogens with one attached hydrogen (secondary N) is 1. The van der Waals surface area contributed by atoms with E-state index < -0.39 is 0 Å². The van der Waals surface area contributed by atoms with Crippen molar-refractivity contribution in [2.24, 2.45) is 0 Å². The summed E-state index contributed by atoms with van der Waals surface area (Å²) in [5.41, 5.74) is 0.226. The molecule has 0 aromatic carbocycles. The Labute approximate surface area is 128 Å². The maximum absolute atomic E-state index is 6.47. The van der Waals surface area contributed by atoms with Crippen LogP contribution < -0.4 is 5.32 Å². The van der Waals surface area contributed by atoms with Crippen molar-refractivity contribution in [3.63, 3.8) is 0 Å². The third-order valence-electron chi connectivity index (χ3n) is 5.02. The molecular weight excluding hydrogens is 262 g/mol. The fourth-order valence-corrected chi connectivity index (χ4v) is 3.86. The maximum atomic E-state index is 6.47. The van der Waals surface area contributed by atoms with Crippen LogP contribution >= 0.6 is 0 Å². The summed E-state index contributed by atoms with van der Waals surface area (Å²) in [4.78, 5) is 4.48. The molecule has 0 radical (unpaired) electrons. The van der Waals surface area contributed by atoms with Crippen molar-refractivity contribution in [3.05, 3.63) is 18.2 Å². The van der Waals surface area contributed by atoms with Crippen LogP contribution in [0.2, 0.25) is 0 Å². The summed E-state index contributed by atoms with van der Waals surface area (Å²) in [6.45, 7) is 5.06. The summed E-state index contributed by atoms with van der Waals surface area (Å²) in [6, 6.07) is 0. The average Bonchev–Trinajstić information content (AvgIpc) is 3.09.